The minimum Gasteiger partial charge on any atom is -0.463 e. The van der Waals surface area contributed by atoms with E-state index in [4.69, 9.17) is 4.74 Å². The molecule has 4 nitrogen and oxygen atoms in total. The zero-order valence-corrected chi connectivity index (χ0v) is 11.1. The largest absolute Gasteiger partial charge is 0.463 e. The standard InChI is InChI=1S/C16H15NO3/c1-2-20-16(19)10-9-15(18)17-14-8-7-12-5-3-4-6-13(12)11-14/h3-11H,2H2,1H3,(H,17,18)/b10-9+. The van der Waals surface area contributed by atoms with E-state index in [9.17, 15) is 9.59 Å². The van der Waals surface area contributed by atoms with E-state index in [-0.39, 0.29) is 12.5 Å². The van der Waals surface area contributed by atoms with Gasteiger partial charge < -0.3 is 10.1 Å². The molecule has 0 spiro atoms. The molecule has 2 rings (SSSR count). The van der Waals surface area contributed by atoms with Crippen molar-refractivity contribution in [3.05, 3.63) is 54.6 Å². The van der Waals surface area contributed by atoms with E-state index in [0.29, 0.717) is 5.69 Å². The summed E-state index contributed by atoms with van der Waals surface area (Å²) in [5.41, 5.74) is 0.683. The minimum absolute atomic E-state index is 0.287. The van der Waals surface area contributed by atoms with Crippen molar-refractivity contribution in [2.75, 3.05) is 11.9 Å². The van der Waals surface area contributed by atoms with Crippen molar-refractivity contribution in [2.45, 2.75) is 6.92 Å². The molecule has 0 aromatic heterocycles. The topological polar surface area (TPSA) is 55.4 Å². The number of benzene rings is 2. The highest BCUT2D eigenvalue weighted by Gasteiger charge is 2.01. The first-order valence-corrected chi connectivity index (χ1v) is 6.33. The van der Waals surface area contributed by atoms with Crippen LogP contribution < -0.4 is 5.32 Å². The number of anilines is 1. The molecule has 0 radical (unpaired) electrons. The van der Waals surface area contributed by atoms with E-state index < -0.39 is 5.97 Å². The molecule has 1 N–H and O–H groups in total. The fourth-order valence-corrected chi connectivity index (χ4v) is 1.79. The van der Waals surface area contributed by atoms with Crippen molar-refractivity contribution in [1.82, 2.24) is 0 Å². The Morgan fingerprint density at radius 1 is 1.10 bits per heavy atom. The van der Waals surface area contributed by atoms with Crippen molar-refractivity contribution in [1.29, 1.82) is 0 Å². The maximum absolute atomic E-state index is 11.7. The SMILES string of the molecule is CCOC(=O)/C=C/C(=O)Nc1ccc2ccccc2c1. The van der Waals surface area contributed by atoms with Crippen LogP contribution in [0.15, 0.2) is 54.6 Å². The Hall–Kier alpha value is -2.62. The maximum atomic E-state index is 11.7. The summed E-state index contributed by atoms with van der Waals surface area (Å²) in [5, 5.41) is 4.84. The van der Waals surface area contributed by atoms with Crippen LogP contribution in [0.3, 0.4) is 0 Å². The molecule has 0 aliphatic rings. The Labute approximate surface area is 117 Å². The van der Waals surface area contributed by atoms with Gasteiger partial charge in [-0.3, -0.25) is 4.79 Å². The molecule has 0 aliphatic heterocycles. The predicted octanol–water partition coefficient (Wildman–Crippen LogP) is 2.90. The number of carbonyl (C=O) groups excluding carboxylic acids is 2. The van der Waals surface area contributed by atoms with Gasteiger partial charge in [0.1, 0.15) is 0 Å². The zero-order valence-electron chi connectivity index (χ0n) is 11.1. The van der Waals surface area contributed by atoms with Gasteiger partial charge in [0, 0.05) is 17.8 Å². The first-order valence-electron chi connectivity index (χ1n) is 6.33. The van der Waals surface area contributed by atoms with Crippen LogP contribution >= 0.6 is 0 Å². The van der Waals surface area contributed by atoms with Crippen LogP contribution in [0.25, 0.3) is 10.8 Å². The van der Waals surface area contributed by atoms with Crippen LogP contribution in [-0.4, -0.2) is 18.5 Å². The Morgan fingerprint density at radius 3 is 2.60 bits per heavy atom. The summed E-state index contributed by atoms with van der Waals surface area (Å²) < 4.78 is 4.69. The molecule has 0 unspecified atom stereocenters. The number of carbonyl (C=O) groups is 2. The van der Waals surface area contributed by atoms with E-state index in [1.54, 1.807) is 6.92 Å². The first kappa shape index (κ1) is 13.8. The summed E-state index contributed by atoms with van der Waals surface area (Å²) in [6, 6.07) is 13.5. The van der Waals surface area contributed by atoms with Gasteiger partial charge in [-0.05, 0) is 29.8 Å². The molecule has 0 heterocycles. The highest BCUT2D eigenvalue weighted by atomic mass is 16.5. The van der Waals surface area contributed by atoms with Crippen LogP contribution in [-0.2, 0) is 14.3 Å². The quantitative estimate of drug-likeness (QED) is 0.686. The summed E-state index contributed by atoms with van der Waals surface area (Å²) in [6.45, 7) is 2.00. The smallest absolute Gasteiger partial charge is 0.330 e. The molecule has 2 aromatic carbocycles. The molecular formula is C16H15NO3. The van der Waals surface area contributed by atoms with E-state index in [2.05, 4.69) is 5.32 Å². The van der Waals surface area contributed by atoms with E-state index in [0.717, 1.165) is 22.9 Å². The summed E-state index contributed by atoms with van der Waals surface area (Å²) >= 11 is 0. The highest BCUT2D eigenvalue weighted by molar-refractivity contribution is 6.03. The number of hydrogen-bond donors (Lipinski definition) is 1. The molecular weight excluding hydrogens is 254 g/mol. The molecule has 20 heavy (non-hydrogen) atoms. The van der Waals surface area contributed by atoms with Crippen molar-refractivity contribution in [3.63, 3.8) is 0 Å². The van der Waals surface area contributed by atoms with E-state index >= 15 is 0 Å². The van der Waals surface area contributed by atoms with Crippen molar-refractivity contribution >= 4 is 28.3 Å². The van der Waals surface area contributed by atoms with Gasteiger partial charge >= 0.3 is 5.97 Å². The second kappa shape index (κ2) is 6.52. The van der Waals surface area contributed by atoms with Crippen LogP contribution in [0.1, 0.15) is 6.92 Å². The van der Waals surface area contributed by atoms with Crippen LogP contribution in [0, 0.1) is 0 Å². The highest BCUT2D eigenvalue weighted by Crippen LogP contribution is 2.18. The lowest BCUT2D eigenvalue weighted by Crippen LogP contribution is -2.09. The zero-order chi connectivity index (χ0) is 14.4. The van der Waals surface area contributed by atoms with Crippen molar-refractivity contribution < 1.29 is 14.3 Å². The molecule has 0 saturated carbocycles. The third-order valence-corrected chi connectivity index (χ3v) is 2.67. The Morgan fingerprint density at radius 2 is 1.85 bits per heavy atom. The predicted molar refractivity (Wildman–Crippen MR) is 78.4 cm³/mol. The summed E-state index contributed by atoms with van der Waals surface area (Å²) in [6.07, 6.45) is 2.27. The summed E-state index contributed by atoms with van der Waals surface area (Å²) in [7, 11) is 0. The van der Waals surface area contributed by atoms with Gasteiger partial charge in [-0.25, -0.2) is 4.79 Å². The summed E-state index contributed by atoms with van der Waals surface area (Å²) in [5.74, 6) is -0.894. The lowest BCUT2D eigenvalue weighted by molar-refractivity contribution is -0.137. The third-order valence-electron chi connectivity index (χ3n) is 2.67. The number of nitrogens with one attached hydrogen (secondary N) is 1. The normalized spacial score (nSPS) is 10.7. The van der Waals surface area contributed by atoms with Crippen molar-refractivity contribution in [2.24, 2.45) is 0 Å². The van der Waals surface area contributed by atoms with Gasteiger partial charge in [-0.2, -0.15) is 0 Å². The van der Waals surface area contributed by atoms with E-state index in [1.807, 2.05) is 42.5 Å². The lowest BCUT2D eigenvalue weighted by Gasteiger charge is -2.04. The third kappa shape index (κ3) is 3.68. The maximum Gasteiger partial charge on any atom is 0.330 e. The average molecular weight is 269 g/mol. The van der Waals surface area contributed by atoms with Gasteiger partial charge in [0.05, 0.1) is 6.61 Å². The van der Waals surface area contributed by atoms with Gasteiger partial charge in [0.15, 0.2) is 0 Å². The molecule has 4 heteroatoms. The number of amides is 1. The van der Waals surface area contributed by atoms with Crippen LogP contribution in [0.4, 0.5) is 5.69 Å². The summed E-state index contributed by atoms with van der Waals surface area (Å²) in [4.78, 5) is 22.7. The average Bonchev–Trinajstić information content (AvgIpc) is 2.45. The molecule has 2 aromatic rings. The van der Waals surface area contributed by atoms with Crippen molar-refractivity contribution in [3.8, 4) is 0 Å². The molecule has 0 fully saturated rings. The van der Waals surface area contributed by atoms with Gasteiger partial charge in [0.25, 0.3) is 0 Å². The fraction of sp³-hybridized carbons (Fsp3) is 0.125. The van der Waals surface area contributed by atoms with E-state index in [1.165, 1.54) is 0 Å². The number of hydrogen-bond acceptors (Lipinski definition) is 3. The Bertz CT molecular complexity index is 662. The van der Waals surface area contributed by atoms with Gasteiger partial charge in [0.2, 0.25) is 5.91 Å². The van der Waals surface area contributed by atoms with Gasteiger partial charge in [-0.1, -0.05) is 30.3 Å². The first-order chi connectivity index (χ1) is 9.69. The number of rotatable bonds is 4. The molecule has 0 bridgehead atoms. The number of ether oxygens (including phenoxy) is 1. The fourth-order valence-electron chi connectivity index (χ4n) is 1.79. The number of esters is 1. The molecule has 0 saturated heterocycles. The minimum atomic E-state index is -0.527. The molecule has 0 atom stereocenters. The second-order valence-corrected chi connectivity index (χ2v) is 4.14. The Kier molecular flexibility index (Phi) is 4.50. The monoisotopic (exact) mass is 269 g/mol. The molecule has 0 aliphatic carbocycles. The molecule has 102 valence electrons. The second-order valence-electron chi connectivity index (χ2n) is 4.14. The van der Waals surface area contributed by atoms with Crippen LogP contribution in [0.2, 0.25) is 0 Å². The lowest BCUT2D eigenvalue weighted by atomic mass is 10.1. The Balaban J connectivity index is 2.04. The molecule has 1 amide bonds. The number of fused-ring (bicyclic) bond motifs is 1. The van der Waals surface area contributed by atoms with Crippen LogP contribution in [0.5, 0.6) is 0 Å². The van der Waals surface area contributed by atoms with Gasteiger partial charge in [-0.15, -0.1) is 0 Å².